The molecular weight excluding hydrogens is 350 g/mol. The lowest BCUT2D eigenvalue weighted by Gasteiger charge is -2.14. The van der Waals surface area contributed by atoms with E-state index >= 15 is 0 Å². The molecule has 28 heavy (non-hydrogen) atoms. The van der Waals surface area contributed by atoms with E-state index in [-0.39, 0.29) is 11.6 Å². The first-order valence-corrected chi connectivity index (χ1v) is 9.76. The van der Waals surface area contributed by atoms with Crippen molar-refractivity contribution in [1.29, 1.82) is 0 Å². The fourth-order valence-electron chi connectivity index (χ4n) is 3.98. The van der Waals surface area contributed by atoms with Crippen LogP contribution in [-0.4, -0.2) is 0 Å². The molecule has 0 aliphatic heterocycles. The van der Waals surface area contributed by atoms with E-state index in [9.17, 15) is 8.78 Å². The Morgan fingerprint density at radius 3 is 1.46 bits per heavy atom. The third-order valence-corrected chi connectivity index (χ3v) is 5.79. The highest BCUT2D eigenvalue weighted by Gasteiger charge is 2.13. The molecule has 0 aliphatic rings. The minimum Gasteiger partial charge on any atom is -0.207 e. The predicted molar refractivity (Wildman–Crippen MR) is 113 cm³/mol. The van der Waals surface area contributed by atoms with Gasteiger partial charge in [0.15, 0.2) is 0 Å². The van der Waals surface area contributed by atoms with Gasteiger partial charge in [-0.3, -0.25) is 0 Å². The van der Waals surface area contributed by atoms with Gasteiger partial charge in [0.25, 0.3) is 0 Å². The van der Waals surface area contributed by atoms with Crippen LogP contribution in [0.15, 0.2) is 36.4 Å². The molecule has 0 atom stereocenters. The van der Waals surface area contributed by atoms with Gasteiger partial charge in [-0.1, -0.05) is 24.3 Å². The quantitative estimate of drug-likeness (QED) is 0.459. The molecule has 3 aromatic rings. The molecule has 0 heterocycles. The molecule has 0 aromatic heterocycles. The summed E-state index contributed by atoms with van der Waals surface area (Å²) in [6, 6.07) is 11.3. The van der Waals surface area contributed by atoms with Crippen molar-refractivity contribution in [3.63, 3.8) is 0 Å². The lowest BCUT2D eigenvalue weighted by molar-refractivity contribution is 0.604. The standard InChI is InChI=1S/C26H28F2/c1-15-7-18(4)23(25(27)8-15)13-22-11-19(5)24(26(28)14-22)12-21-9-16(2)20(6)17(3)10-21/h7-11,14H,12-13H2,1-6H3. The Hall–Kier alpha value is -2.48. The smallest absolute Gasteiger partial charge is 0.127 e. The van der Waals surface area contributed by atoms with E-state index in [1.165, 1.54) is 16.7 Å². The van der Waals surface area contributed by atoms with E-state index in [4.69, 9.17) is 0 Å². The Balaban J connectivity index is 1.92. The van der Waals surface area contributed by atoms with Crippen molar-refractivity contribution in [2.75, 3.05) is 0 Å². The van der Waals surface area contributed by atoms with E-state index in [0.29, 0.717) is 24.0 Å². The number of hydrogen-bond acceptors (Lipinski definition) is 0. The third kappa shape index (κ3) is 4.16. The van der Waals surface area contributed by atoms with Gasteiger partial charge in [-0.15, -0.1) is 0 Å². The van der Waals surface area contributed by atoms with Crippen LogP contribution in [0.25, 0.3) is 0 Å². The Labute approximate surface area is 167 Å². The zero-order valence-corrected chi connectivity index (χ0v) is 17.6. The molecule has 0 N–H and O–H groups in total. The molecule has 0 nitrogen and oxygen atoms in total. The first kappa shape index (κ1) is 20.3. The van der Waals surface area contributed by atoms with Crippen molar-refractivity contribution in [1.82, 2.24) is 0 Å². The second-order valence-corrected chi connectivity index (χ2v) is 8.12. The van der Waals surface area contributed by atoms with Gasteiger partial charge in [-0.05, 0) is 109 Å². The molecule has 0 fully saturated rings. The summed E-state index contributed by atoms with van der Waals surface area (Å²) in [5, 5.41) is 0. The molecule has 0 bridgehead atoms. The molecule has 3 rings (SSSR count). The second kappa shape index (κ2) is 7.87. The van der Waals surface area contributed by atoms with E-state index in [1.807, 2.05) is 32.9 Å². The molecule has 0 saturated carbocycles. The normalized spacial score (nSPS) is 11.1. The average Bonchev–Trinajstić information content (AvgIpc) is 2.59. The minimum atomic E-state index is -0.217. The van der Waals surface area contributed by atoms with Gasteiger partial charge < -0.3 is 0 Å². The van der Waals surface area contributed by atoms with Crippen molar-refractivity contribution in [3.8, 4) is 0 Å². The Morgan fingerprint density at radius 2 is 0.964 bits per heavy atom. The summed E-state index contributed by atoms with van der Waals surface area (Å²) < 4.78 is 29.3. The van der Waals surface area contributed by atoms with Crippen LogP contribution in [0.4, 0.5) is 8.78 Å². The van der Waals surface area contributed by atoms with Crippen molar-refractivity contribution < 1.29 is 8.78 Å². The summed E-state index contributed by atoms with van der Waals surface area (Å²) in [5.74, 6) is -0.429. The molecule has 0 radical (unpaired) electrons. The van der Waals surface area contributed by atoms with E-state index < -0.39 is 0 Å². The summed E-state index contributed by atoms with van der Waals surface area (Å²) in [6.07, 6.45) is 0.969. The largest absolute Gasteiger partial charge is 0.207 e. The number of aryl methyl sites for hydroxylation is 5. The monoisotopic (exact) mass is 378 g/mol. The molecular formula is C26H28F2. The molecule has 0 unspecified atom stereocenters. The zero-order valence-electron chi connectivity index (χ0n) is 17.6. The van der Waals surface area contributed by atoms with Gasteiger partial charge in [-0.2, -0.15) is 0 Å². The summed E-state index contributed by atoms with van der Waals surface area (Å²) in [4.78, 5) is 0. The van der Waals surface area contributed by atoms with Crippen molar-refractivity contribution in [2.45, 2.75) is 54.4 Å². The van der Waals surface area contributed by atoms with Crippen LogP contribution in [0, 0.1) is 53.2 Å². The Morgan fingerprint density at radius 1 is 0.536 bits per heavy atom. The maximum atomic E-state index is 15.0. The molecule has 2 heteroatoms. The molecule has 0 spiro atoms. The number of hydrogen-bond donors (Lipinski definition) is 0. The predicted octanol–water partition coefficient (Wildman–Crippen LogP) is 7.00. The molecule has 0 amide bonds. The second-order valence-electron chi connectivity index (χ2n) is 8.12. The topological polar surface area (TPSA) is 0 Å². The zero-order chi connectivity index (χ0) is 20.6. The van der Waals surface area contributed by atoms with E-state index in [0.717, 1.165) is 27.8 Å². The van der Waals surface area contributed by atoms with Crippen LogP contribution in [0.3, 0.4) is 0 Å². The van der Waals surface area contributed by atoms with Gasteiger partial charge in [-0.25, -0.2) is 8.78 Å². The molecule has 0 aliphatic carbocycles. The van der Waals surface area contributed by atoms with E-state index in [1.54, 1.807) is 12.1 Å². The molecule has 0 saturated heterocycles. The van der Waals surface area contributed by atoms with Crippen LogP contribution in [0.1, 0.15) is 55.6 Å². The van der Waals surface area contributed by atoms with Crippen LogP contribution in [-0.2, 0) is 12.8 Å². The maximum Gasteiger partial charge on any atom is 0.127 e. The average molecular weight is 379 g/mol. The highest BCUT2D eigenvalue weighted by atomic mass is 19.1. The van der Waals surface area contributed by atoms with Crippen molar-refractivity contribution >= 4 is 0 Å². The van der Waals surface area contributed by atoms with Crippen molar-refractivity contribution in [2.24, 2.45) is 0 Å². The van der Waals surface area contributed by atoms with E-state index in [2.05, 4.69) is 32.9 Å². The van der Waals surface area contributed by atoms with Crippen molar-refractivity contribution in [3.05, 3.63) is 104 Å². The minimum absolute atomic E-state index is 0.212. The summed E-state index contributed by atoms with van der Waals surface area (Å²) in [5.41, 5.74) is 9.75. The highest BCUT2D eigenvalue weighted by molar-refractivity contribution is 5.43. The fourth-order valence-corrected chi connectivity index (χ4v) is 3.98. The number of benzene rings is 3. The van der Waals surface area contributed by atoms with Crippen LogP contribution >= 0.6 is 0 Å². The Bertz CT molecular complexity index is 975. The molecule has 3 aromatic carbocycles. The van der Waals surface area contributed by atoms with Crippen LogP contribution < -0.4 is 0 Å². The molecule has 146 valence electrons. The Kier molecular flexibility index (Phi) is 5.69. The van der Waals surface area contributed by atoms with Gasteiger partial charge in [0, 0.05) is 12.8 Å². The first-order valence-electron chi connectivity index (χ1n) is 9.76. The summed E-state index contributed by atoms with van der Waals surface area (Å²) >= 11 is 0. The summed E-state index contributed by atoms with van der Waals surface area (Å²) in [6.45, 7) is 12.0. The highest BCUT2D eigenvalue weighted by Crippen LogP contribution is 2.25. The van der Waals surface area contributed by atoms with Gasteiger partial charge >= 0.3 is 0 Å². The first-order chi connectivity index (χ1) is 13.2. The number of rotatable bonds is 4. The number of halogens is 2. The SMILES string of the molecule is Cc1cc(C)c(Cc2cc(C)c(Cc3cc(C)c(C)c(C)c3)c(F)c2)c(F)c1. The maximum absolute atomic E-state index is 15.0. The third-order valence-electron chi connectivity index (χ3n) is 5.79. The lowest BCUT2D eigenvalue weighted by Crippen LogP contribution is -2.03. The van der Waals surface area contributed by atoms with Gasteiger partial charge in [0.1, 0.15) is 11.6 Å². The van der Waals surface area contributed by atoms with Gasteiger partial charge in [0.2, 0.25) is 0 Å². The summed E-state index contributed by atoms with van der Waals surface area (Å²) in [7, 11) is 0. The van der Waals surface area contributed by atoms with Crippen LogP contribution in [0.2, 0.25) is 0 Å². The lowest BCUT2D eigenvalue weighted by atomic mass is 9.92. The van der Waals surface area contributed by atoms with Crippen LogP contribution in [0.5, 0.6) is 0 Å². The van der Waals surface area contributed by atoms with Gasteiger partial charge in [0.05, 0.1) is 0 Å². The fraction of sp³-hybridized carbons (Fsp3) is 0.308.